The lowest BCUT2D eigenvalue weighted by atomic mass is 10.1. The van der Waals surface area contributed by atoms with Gasteiger partial charge in [0.15, 0.2) is 0 Å². The van der Waals surface area contributed by atoms with Crippen molar-refractivity contribution < 1.29 is 9.84 Å². The lowest BCUT2D eigenvalue weighted by molar-refractivity contribution is -0.000434. The van der Waals surface area contributed by atoms with Gasteiger partial charge in [-0.05, 0) is 11.1 Å². The van der Waals surface area contributed by atoms with E-state index in [-0.39, 0.29) is 6.10 Å². The Bertz CT molecular complexity index is 283. The summed E-state index contributed by atoms with van der Waals surface area (Å²) in [7, 11) is 1.64. The summed E-state index contributed by atoms with van der Waals surface area (Å²) in [5.41, 5.74) is 2.22. The Kier molecular flexibility index (Phi) is 1.87. The molecule has 0 fully saturated rings. The molecule has 0 spiro atoms. The van der Waals surface area contributed by atoms with Crippen LogP contribution >= 0.6 is 0 Å². The van der Waals surface area contributed by atoms with Crippen molar-refractivity contribution in [1.82, 2.24) is 0 Å². The zero-order chi connectivity index (χ0) is 8.55. The average molecular weight is 164 g/mol. The van der Waals surface area contributed by atoms with Crippen molar-refractivity contribution in [2.24, 2.45) is 0 Å². The first-order valence-electron chi connectivity index (χ1n) is 4.11. The van der Waals surface area contributed by atoms with E-state index >= 15 is 0 Å². The highest BCUT2D eigenvalue weighted by molar-refractivity contribution is 5.35. The molecule has 2 heteroatoms. The molecule has 0 amide bonds. The van der Waals surface area contributed by atoms with Crippen LogP contribution in [0.15, 0.2) is 24.3 Å². The first-order valence-corrected chi connectivity index (χ1v) is 4.11. The van der Waals surface area contributed by atoms with E-state index in [1.165, 1.54) is 5.56 Å². The molecule has 1 aliphatic rings. The Labute approximate surface area is 71.8 Å². The molecule has 64 valence electrons. The van der Waals surface area contributed by atoms with Crippen LogP contribution in [0.3, 0.4) is 0 Å². The van der Waals surface area contributed by atoms with Gasteiger partial charge in [-0.3, -0.25) is 0 Å². The standard InChI is InChI=1S/C10H12O2/c1-12-9-6-7-4-2-3-5-8(7)10(9)11/h2-5,9-11H,6H2,1H3/t9-,10-/m0/s1. The molecule has 1 N–H and O–H groups in total. The molecule has 2 atom stereocenters. The molecule has 12 heavy (non-hydrogen) atoms. The third-order valence-electron chi connectivity index (χ3n) is 2.45. The Balaban J connectivity index is 2.35. The van der Waals surface area contributed by atoms with Crippen LogP contribution in [-0.2, 0) is 11.2 Å². The average Bonchev–Trinajstić information content (AvgIpc) is 2.44. The van der Waals surface area contributed by atoms with E-state index in [9.17, 15) is 5.11 Å². The van der Waals surface area contributed by atoms with Crippen LogP contribution in [0.2, 0.25) is 0 Å². The van der Waals surface area contributed by atoms with Gasteiger partial charge in [-0.25, -0.2) is 0 Å². The van der Waals surface area contributed by atoms with E-state index in [1.54, 1.807) is 7.11 Å². The number of rotatable bonds is 1. The largest absolute Gasteiger partial charge is 0.386 e. The van der Waals surface area contributed by atoms with Crippen LogP contribution in [0.4, 0.5) is 0 Å². The van der Waals surface area contributed by atoms with E-state index in [4.69, 9.17) is 4.74 Å². The van der Waals surface area contributed by atoms with E-state index in [2.05, 4.69) is 0 Å². The molecular weight excluding hydrogens is 152 g/mol. The zero-order valence-corrected chi connectivity index (χ0v) is 7.03. The highest BCUT2D eigenvalue weighted by Gasteiger charge is 2.29. The predicted octanol–water partition coefficient (Wildman–Crippen LogP) is 1.29. The van der Waals surface area contributed by atoms with Crippen LogP contribution in [0.25, 0.3) is 0 Å². The first-order chi connectivity index (χ1) is 5.83. The Morgan fingerprint density at radius 3 is 2.83 bits per heavy atom. The number of hydrogen-bond acceptors (Lipinski definition) is 2. The number of aliphatic hydroxyl groups excluding tert-OH is 1. The molecule has 1 aromatic carbocycles. The fraction of sp³-hybridized carbons (Fsp3) is 0.400. The third-order valence-corrected chi connectivity index (χ3v) is 2.45. The first kappa shape index (κ1) is 7.77. The van der Waals surface area contributed by atoms with Gasteiger partial charge < -0.3 is 9.84 Å². The monoisotopic (exact) mass is 164 g/mol. The third kappa shape index (κ3) is 1.04. The SMILES string of the molecule is CO[C@H]1Cc2ccccc2[C@@H]1O. The Morgan fingerprint density at radius 2 is 2.17 bits per heavy atom. The molecule has 0 radical (unpaired) electrons. The van der Waals surface area contributed by atoms with Gasteiger partial charge in [0, 0.05) is 13.5 Å². The number of aliphatic hydroxyl groups is 1. The number of ether oxygens (including phenoxy) is 1. The van der Waals surface area contributed by atoms with Crippen molar-refractivity contribution in [3.63, 3.8) is 0 Å². The van der Waals surface area contributed by atoms with Crippen molar-refractivity contribution in [1.29, 1.82) is 0 Å². The summed E-state index contributed by atoms with van der Waals surface area (Å²) in [6.07, 6.45) is 0.335. The highest BCUT2D eigenvalue weighted by atomic mass is 16.5. The fourth-order valence-electron chi connectivity index (χ4n) is 1.75. The van der Waals surface area contributed by atoms with Gasteiger partial charge in [0.25, 0.3) is 0 Å². The minimum absolute atomic E-state index is 0.0533. The van der Waals surface area contributed by atoms with Gasteiger partial charge in [-0.1, -0.05) is 24.3 Å². The smallest absolute Gasteiger partial charge is 0.106 e. The molecule has 2 rings (SSSR count). The molecule has 1 aliphatic carbocycles. The van der Waals surface area contributed by atoms with Crippen molar-refractivity contribution in [2.75, 3.05) is 7.11 Å². The number of benzene rings is 1. The minimum atomic E-state index is -0.439. The van der Waals surface area contributed by atoms with Crippen LogP contribution in [0.1, 0.15) is 17.2 Å². The Morgan fingerprint density at radius 1 is 1.42 bits per heavy atom. The summed E-state index contributed by atoms with van der Waals surface area (Å²) in [5, 5.41) is 9.72. The van der Waals surface area contributed by atoms with Gasteiger partial charge >= 0.3 is 0 Å². The van der Waals surface area contributed by atoms with Crippen molar-refractivity contribution in [3.8, 4) is 0 Å². The maximum atomic E-state index is 9.72. The highest BCUT2D eigenvalue weighted by Crippen LogP contribution is 2.32. The predicted molar refractivity (Wildman–Crippen MR) is 45.9 cm³/mol. The second-order valence-corrected chi connectivity index (χ2v) is 3.12. The van der Waals surface area contributed by atoms with Gasteiger partial charge in [-0.2, -0.15) is 0 Å². The van der Waals surface area contributed by atoms with E-state index < -0.39 is 6.10 Å². The molecule has 0 saturated carbocycles. The summed E-state index contributed by atoms with van der Waals surface area (Å²) in [6.45, 7) is 0. The van der Waals surface area contributed by atoms with E-state index in [0.717, 1.165) is 12.0 Å². The maximum Gasteiger partial charge on any atom is 0.106 e. The molecule has 0 bridgehead atoms. The Hall–Kier alpha value is -0.860. The molecule has 0 heterocycles. The molecule has 0 aromatic heterocycles. The summed E-state index contributed by atoms with van der Waals surface area (Å²) in [6, 6.07) is 7.93. The van der Waals surface area contributed by atoms with Crippen LogP contribution in [0, 0.1) is 0 Å². The molecule has 0 aliphatic heterocycles. The van der Waals surface area contributed by atoms with E-state index in [1.807, 2.05) is 24.3 Å². The molecule has 2 nitrogen and oxygen atoms in total. The molecular formula is C10H12O2. The minimum Gasteiger partial charge on any atom is -0.386 e. The summed E-state index contributed by atoms with van der Waals surface area (Å²) in [5.74, 6) is 0. The second-order valence-electron chi connectivity index (χ2n) is 3.12. The quantitative estimate of drug-likeness (QED) is 0.677. The van der Waals surface area contributed by atoms with E-state index in [0.29, 0.717) is 0 Å². The van der Waals surface area contributed by atoms with Gasteiger partial charge in [0.2, 0.25) is 0 Å². The number of hydrogen-bond donors (Lipinski definition) is 1. The van der Waals surface area contributed by atoms with Crippen LogP contribution in [0.5, 0.6) is 0 Å². The van der Waals surface area contributed by atoms with Gasteiger partial charge in [0.1, 0.15) is 6.10 Å². The van der Waals surface area contributed by atoms with Crippen molar-refractivity contribution in [2.45, 2.75) is 18.6 Å². The normalized spacial score (nSPS) is 27.2. The van der Waals surface area contributed by atoms with Gasteiger partial charge in [-0.15, -0.1) is 0 Å². The lowest BCUT2D eigenvalue weighted by Gasteiger charge is -2.11. The second kappa shape index (κ2) is 2.88. The molecule has 0 saturated heterocycles. The fourth-order valence-corrected chi connectivity index (χ4v) is 1.75. The lowest BCUT2D eigenvalue weighted by Crippen LogP contribution is -2.15. The summed E-state index contributed by atoms with van der Waals surface area (Å²) >= 11 is 0. The molecule has 0 unspecified atom stereocenters. The number of fused-ring (bicyclic) bond motifs is 1. The van der Waals surface area contributed by atoms with Crippen molar-refractivity contribution in [3.05, 3.63) is 35.4 Å². The van der Waals surface area contributed by atoms with Crippen LogP contribution in [-0.4, -0.2) is 18.3 Å². The topological polar surface area (TPSA) is 29.5 Å². The van der Waals surface area contributed by atoms with Gasteiger partial charge in [0.05, 0.1) is 6.10 Å². The van der Waals surface area contributed by atoms with Crippen LogP contribution < -0.4 is 0 Å². The molecule has 1 aromatic rings. The maximum absolute atomic E-state index is 9.72. The summed E-state index contributed by atoms with van der Waals surface area (Å²) < 4.78 is 5.16. The summed E-state index contributed by atoms with van der Waals surface area (Å²) in [4.78, 5) is 0. The van der Waals surface area contributed by atoms with Crippen molar-refractivity contribution >= 4 is 0 Å². The zero-order valence-electron chi connectivity index (χ0n) is 7.03. The number of methoxy groups -OCH3 is 1.